The predicted molar refractivity (Wildman–Crippen MR) is 108 cm³/mol. The normalized spacial score (nSPS) is 23.9. The highest BCUT2D eigenvalue weighted by Crippen LogP contribution is 2.60. The average molecular weight is 429 g/mol. The molecule has 0 radical (unpaired) electrons. The van der Waals surface area contributed by atoms with E-state index >= 15 is 0 Å². The molecule has 2 aromatic carbocycles. The van der Waals surface area contributed by atoms with Gasteiger partial charge in [-0.25, -0.2) is 4.39 Å². The molecule has 3 fully saturated rings. The maximum absolute atomic E-state index is 13.4. The van der Waals surface area contributed by atoms with Crippen LogP contribution in [0.15, 0.2) is 53.1 Å². The summed E-state index contributed by atoms with van der Waals surface area (Å²) in [5.41, 5.74) is 0.585. The third-order valence-corrected chi connectivity index (χ3v) is 6.11. The number of hydrogen-bond acceptors (Lipinski definition) is 4. The van der Waals surface area contributed by atoms with E-state index in [-0.39, 0.29) is 40.3 Å². The molecule has 0 atom stereocenters. The molecular formula is C22H18ClFN2O4. The number of furan rings is 1. The molecule has 1 aromatic heterocycles. The van der Waals surface area contributed by atoms with Crippen LogP contribution in [0.3, 0.4) is 0 Å². The zero-order chi connectivity index (χ0) is 20.9. The Balaban J connectivity index is 1.13. The van der Waals surface area contributed by atoms with Crippen LogP contribution in [0, 0.1) is 5.82 Å². The number of amides is 2. The SMILES string of the molecule is O=C(COc1ccc(Cl)c(F)c1)NC12CC(NC(=O)c3coc4ccccc34)(C1)C2. The molecule has 2 amide bonds. The van der Waals surface area contributed by atoms with Crippen molar-refractivity contribution in [2.24, 2.45) is 0 Å². The maximum atomic E-state index is 13.4. The number of nitrogens with one attached hydrogen (secondary N) is 2. The van der Waals surface area contributed by atoms with Gasteiger partial charge in [0.25, 0.3) is 11.8 Å². The largest absolute Gasteiger partial charge is 0.484 e. The molecule has 30 heavy (non-hydrogen) atoms. The summed E-state index contributed by atoms with van der Waals surface area (Å²) in [7, 11) is 0. The van der Waals surface area contributed by atoms with E-state index in [1.807, 2.05) is 24.3 Å². The summed E-state index contributed by atoms with van der Waals surface area (Å²) in [5, 5.41) is 6.82. The number of halogens is 2. The van der Waals surface area contributed by atoms with Gasteiger partial charge in [0.15, 0.2) is 6.61 Å². The monoisotopic (exact) mass is 428 g/mol. The number of benzene rings is 2. The highest BCUT2D eigenvalue weighted by atomic mass is 35.5. The van der Waals surface area contributed by atoms with Gasteiger partial charge in [-0.2, -0.15) is 0 Å². The smallest absolute Gasteiger partial charge is 0.258 e. The Bertz CT molecular complexity index is 1160. The average Bonchev–Trinajstić information content (AvgIpc) is 3.10. The highest BCUT2D eigenvalue weighted by Gasteiger charge is 2.69. The van der Waals surface area contributed by atoms with Gasteiger partial charge >= 0.3 is 0 Å². The fourth-order valence-corrected chi connectivity index (χ4v) is 4.68. The Morgan fingerprint density at radius 3 is 2.60 bits per heavy atom. The molecule has 3 aliphatic rings. The Labute approximate surface area is 176 Å². The molecule has 2 bridgehead atoms. The van der Waals surface area contributed by atoms with E-state index in [1.54, 1.807) is 0 Å². The maximum Gasteiger partial charge on any atom is 0.258 e. The van der Waals surface area contributed by atoms with Gasteiger partial charge < -0.3 is 19.8 Å². The standard InChI is InChI=1S/C22H18ClFN2O4/c23-16-6-5-13(7-17(16)24)29-9-19(27)25-21-10-22(11-21,12-21)26-20(28)15-8-30-18-4-2-1-3-14(15)18/h1-8H,9-12H2,(H,25,27)(H,26,28). The van der Waals surface area contributed by atoms with Crippen LogP contribution in [-0.2, 0) is 4.79 Å². The molecular weight excluding hydrogens is 411 g/mol. The van der Waals surface area contributed by atoms with Gasteiger partial charge in [-0.05, 0) is 37.5 Å². The lowest BCUT2D eigenvalue weighted by Crippen LogP contribution is -2.84. The Kier molecular flexibility index (Phi) is 4.25. The first-order chi connectivity index (χ1) is 14.4. The van der Waals surface area contributed by atoms with Crippen molar-refractivity contribution in [2.45, 2.75) is 30.3 Å². The lowest BCUT2D eigenvalue weighted by molar-refractivity contribution is -0.141. The molecule has 1 heterocycles. The summed E-state index contributed by atoms with van der Waals surface area (Å²) in [6.45, 7) is -0.219. The number of carbonyl (C=O) groups is 2. The van der Waals surface area contributed by atoms with Gasteiger partial charge in [0.2, 0.25) is 0 Å². The lowest BCUT2D eigenvalue weighted by Gasteiger charge is -2.70. The molecule has 154 valence electrons. The zero-order valence-corrected chi connectivity index (χ0v) is 16.6. The van der Waals surface area contributed by atoms with Crippen molar-refractivity contribution in [3.05, 3.63) is 65.1 Å². The third kappa shape index (κ3) is 3.19. The van der Waals surface area contributed by atoms with Crippen LogP contribution in [0.2, 0.25) is 5.02 Å². The Morgan fingerprint density at radius 1 is 1.10 bits per heavy atom. The van der Waals surface area contributed by atoms with Gasteiger partial charge in [-0.1, -0.05) is 29.8 Å². The summed E-state index contributed by atoms with van der Waals surface area (Å²) in [6.07, 6.45) is 3.48. The van der Waals surface area contributed by atoms with E-state index in [9.17, 15) is 14.0 Å². The second-order valence-corrected chi connectivity index (χ2v) is 8.51. The molecule has 2 N–H and O–H groups in total. The summed E-state index contributed by atoms with van der Waals surface area (Å²) in [4.78, 5) is 24.9. The van der Waals surface area contributed by atoms with Crippen molar-refractivity contribution >= 4 is 34.4 Å². The number of hydrogen-bond donors (Lipinski definition) is 2. The minimum atomic E-state index is -0.600. The summed E-state index contributed by atoms with van der Waals surface area (Å²) < 4.78 is 24.2. The van der Waals surface area contributed by atoms with Gasteiger partial charge in [-0.15, -0.1) is 0 Å². The number of fused-ring (bicyclic) bond motifs is 1. The van der Waals surface area contributed by atoms with E-state index in [0.29, 0.717) is 30.4 Å². The molecule has 0 saturated heterocycles. The Hall–Kier alpha value is -3.06. The van der Waals surface area contributed by atoms with Crippen LogP contribution >= 0.6 is 11.6 Å². The molecule has 3 aliphatic carbocycles. The minimum Gasteiger partial charge on any atom is -0.484 e. The molecule has 6 rings (SSSR count). The zero-order valence-electron chi connectivity index (χ0n) is 15.8. The molecule has 6 nitrogen and oxygen atoms in total. The number of para-hydroxylation sites is 1. The summed E-state index contributed by atoms with van der Waals surface area (Å²) in [5.74, 6) is -0.823. The lowest BCUT2D eigenvalue weighted by atomic mass is 9.44. The molecule has 3 aromatic rings. The molecule has 0 aliphatic heterocycles. The van der Waals surface area contributed by atoms with Crippen molar-refractivity contribution in [3.63, 3.8) is 0 Å². The van der Waals surface area contributed by atoms with E-state index in [1.165, 1.54) is 18.4 Å². The molecule has 8 heteroatoms. The number of ether oxygens (including phenoxy) is 1. The van der Waals surface area contributed by atoms with Gasteiger partial charge in [0.05, 0.1) is 10.6 Å². The van der Waals surface area contributed by atoms with Crippen LogP contribution in [0.1, 0.15) is 29.6 Å². The van der Waals surface area contributed by atoms with Gasteiger partial charge in [0.1, 0.15) is 23.4 Å². The second kappa shape index (κ2) is 6.74. The van der Waals surface area contributed by atoms with Crippen molar-refractivity contribution in [1.29, 1.82) is 0 Å². The summed E-state index contributed by atoms with van der Waals surface area (Å²) in [6, 6.07) is 11.4. The van der Waals surface area contributed by atoms with Crippen LogP contribution < -0.4 is 15.4 Å². The van der Waals surface area contributed by atoms with Crippen molar-refractivity contribution < 1.29 is 23.1 Å². The van der Waals surface area contributed by atoms with Crippen molar-refractivity contribution in [1.82, 2.24) is 10.6 Å². The number of carbonyl (C=O) groups excluding carboxylic acids is 2. The quantitative estimate of drug-likeness (QED) is 0.625. The molecule has 0 unspecified atom stereocenters. The minimum absolute atomic E-state index is 0.00330. The van der Waals surface area contributed by atoms with Crippen LogP contribution in [0.4, 0.5) is 4.39 Å². The fourth-order valence-electron chi connectivity index (χ4n) is 4.56. The van der Waals surface area contributed by atoms with E-state index in [4.69, 9.17) is 20.8 Å². The van der Waals surface area contributed by atoms with E-state index in [0.717, 1.165) is 11.5 Å². The third-order valence-electron chi connectivity index (χ3n) is 5.80. The van der Waals surface area contributed by atoms with Crippen LogP contribution in [-0.4, -0.2) is 29.5 Å². The first-order valence-electron chi connectivity index (χ1n) is 9.55. The first-order valence-corrected chi connectivity index (χ1v) is 9.93. The van der Waals surface area contributed by atoms with Gasteiger partial charge in [0, 0.05) is 22.5 Å². The van der Waals surface area contributed by atoms with Crippen molar-refractivity contribution in [3.8, 4) is 5.75 Å². The topological polar surface area (TPSA) is 80.6 Å². The molecule has 3 saturated carbocycles. The van der Waals surface area contributed by atoms with E-state index in [2.05, 4.69) is 10.6 Å². The fraction of sp³-hybridized carbons (Fsp3) is 0.273. The van der Waals surface area contributed by atoms with Gasteiger partial charge in [-0.3, -0.25) is 9.59 Å². The second-order valence-electron chi connectivity index (χ2n) is 8.10. The summed E-state index contributed by atoms with van der Waals surface area (Å²) >= 11 is 5.63. The van der Waals surface area contributed by atoms with Crippen LogP contribution in [0.25, 0.3) is 11.0 Å². The predicted octanol–water partition coefficient (Wildman–Crippen LogP) is 3.83. The van der Waals surface area contributed by atoms with E-state index < -0.39 is 5.82 Å². The first kappa shape index (κ1) is 18.9. The number of rotatable bonds is 6. The van der Waals surface area contributed by atoms with Crippen molar-refractivity contribution in [2.75, 3.05) is 6.61 Å². The molecule has 0 spiro atoms. The highest BCUT2D eigenvalue weighted by molar-refractivity contribution is 6.30. The Morgan fingerprint density at radius 2 is 1.83 bits per heavy atom. The van der Waals surface area contributed by atoms with Crippen LogP contribution in [0.5, 0.6) is 5.75 Å².